The predicted molar refractivity (Wildman–Crippen MR) is 86.3 cm³/mol. The zero-order valence-corrected chi connectivity index (χ0v) is 12.6. The maximum absolute atomic E-state index is 6.28. The molecule has 5 heteroatoms. The average molecular weight is 302 g/mol. The van der Waals surface area contributed by atoms with Crippen LogP contribution in [0.3, 0.4) is 0 Å². The number of hydrogen-bond acceptors (Lipinski definition) is 3. The third-order valence-electron chi connectivity index (χ3n) is 3.13. The molecule has 0 aliphatic heterocycles. The lowest BCUT2D eigenvalue weighted by molar-refractivity contribution is 0.245. The minimum absolute atomic E-state index is 0.0716. The molecule has 4 nitrogen and oxygen atoms in total. The van der Waals surface area contributed by atoms with Gasteiger partial charge in [-0.1, -0.05) is 29.8 Å². The Morgan fingerprint density at radius 2 is 1.90 bits per heavy atom. The molecular weight excluding hydrogens is 286 g/mol. The fourth-order valence-corrected chi connectivity index (χ4v) is 2.55. The Morgan fingerprint density at radius 3 is 2.62 bits per heavy atom. The molecule has 1 aromatic heterocycles. The molecule has 2 N–H and O–H groups in total. The smallest absolute Gasteiger partial charge is 0.206 e. The largest absolute Gasteiger partial charge is 0.489 e. The van der Waals surface area contributed by atoms with Gasteiger partial charge in [0.15, 0.2) is 0 Å². The summed E-state index contributed by atoms with van der Waals surface area (Å²) in [6, 6.07) is 13.3. The first-order valence-corrected chi connectivity index (χ1v) is 7.14. The summed E-state index contributed by atoms with van der Waals surface area (Å²) < 4.78 is 7.64. The second-order valence-electron chi connectivity index (χ2n) is 5.05. The fraction of sp³-hybridized carbons (Fsp3) is 0.188. The lowest BCUT2D eigenvalue weighted by Gasteiger charge is -2.11. The van der Waals surface area contributed by atoms with Crippen LogP contribution in [-0.4, -0.2) is 15.7 Å². The molecule has 1 heterocycles. The Hall–Kier alpha value is -2.20. The van der Waals surface area contributed by atoms with Gasteiger partial charge in [-0.15, -0.1) is 0 Å². The van der Waals surface area contributed by atoms with Crippen LogP contribution < -0.4 is 10.5 Å². The number of benzene rings is 2. The van der Waals surface area contributed by atoms with Gasteiger partial charge in [-0.25, -0.2) is 4.98 Å². The van der Waals surface area contributed by atoms with Gasteiger partial charge in [0.2, 0.25) is 5.95 Å². The van der Waals surface area contributed by atoms with Gasteiger partial charge in [0.1, 0.15) is 11.3 Å². The van der Waals surface area contributed by atoms with Gasteiger partial charge in [0.05, 0.1) is 22.3 Å². The quantitative estimate of drug-likeness (QED) is 0.794. The highest BCUT2D eigenvalue weighted by Crippen LogP contribution is 2.32. The van der Waals surface area contributed by atoms with E-state index < -0.39 is 0 Å². The standard InChI is InChI=1S/C16H16ClN3O/c1-10(2)21-14-9-5-8-13-15(14)19-16(18)20(13)12-7-4-3-6-11(12)17/h3-10H,1-2H3,(H2,18,19). The first-order valence-electron chi connectivity index (χ1n) is 6.76. The van der Waals surface area contributed by atoms with Crippen molar-refractivity contribution in [1.82, 2.24) is 9.55 Å². The van der Waals surface area contributed by atoms with Crippen LogP contribution in [0.25, 0.3) is 16.7 Å². The van der Waals surface area contributed by atoms with Crippen molar-refractivity contribution in [3.8, 4) is 11.4 Å². The Bertz CT molecular complexity index is 795. The van der Waals surface area contributed by atoms with E-state index in [1.165, 1.54) is 0 Å². The van der Waals surface area contributed by atoms with E-state index in [0.717, 1.165) is 22.5 Å². The first-order chi connectivity index (χ1) is 10.1. The third kappa shape index (κ3) is 2.43. The number of ether oxygens (including phenoxy) is 1. The number of fused-ring (bicyclic) bond motifs is 1. The predicted octanol–water partition coefficient (Wildman–Crippen LogP) is 4.05. The van der Waals surface area contributed by atoms with E-state index in [-0.39, 0.29) is 6.10 Å². The van der Waals surface area contributed by atoms with Crippen LogP contribution in [0.15, 0.2) is 42.5 Å². The SMILES string of the molecule is CC(C)Oc1cccc2c1nc(N)n2-c1ccccc1Cl. The lowest BCUT2D eigenvalue weighted by Crippen LogP contribution is -2.05. The number of halogens is 1. The normalized spacial score (nSPS) is 11.2. The van der Waals surface area contributed by atoms with Gasteiger partial charge in [0, 0.05) is 0 Å². The van der Waals surface area contributed by atoms with Gasteiger partial charge >= 0.3 is 0 Å². The van der Waals surface area contributed by atoms with Gasteiger partial charge in [0.25, 0.3) is 0 Å². The van der Waals surface area contributed by atoms with Crippen LogP contribution in [-0.2, 0) is 0 Å². The van der Waals surface area contributed by atoms with Crippen molar-refractivity contribution in [2.24, 2.45) is 0 Å². The molecule has 0 saturated heterocycles. The first kappa shape index (κ1) is 13.8. The van der Waals surface area contributed by atoms with E-state index in [9.17, 15) is 0 Å². The molecule has 0 amide bonds. The van der Waals surface area contributed by atoms with Crippen LogP contribution in [0, 0.1) is 0 Å². The number of hydrogen-bond donors (Lipinski definition) is 1. The molecule has 3 rings (SSSR count). The number of nitrogens with zero attached hydrogens (tertiary/aromatic N) is 2. The fourth-order valence-electron chi connectivity index (χ4n) is 2.33. The molecule has 0 aliphatic carbocycles. The molecule has 0 aliphatic rings. The highest BCUT2D eigenvalue weighted by atomic mass is 35.5. The molecule has 2 aromatic carbocycles. The molecule has 0 spiro atoms. The maximum Gasteiger partial charge on any atom is 0.206 e. The van der Waals surface area contributed by atoms with Crippen LogP contribution in [0.5, 0.6) is 5.75 Å². The van der Waals surface area contributed by atoms with Gasteiger partial charge in [-0.05, 0) is 38.1 Å². The number of nitrogens with two attached hydrogens (primary N) is 1. The summed E-state index contributed by atoms with van der Waals surface area (Å²) in [7, 11) is 0. The zero-order chi connectivity index (χ0) is 15.0. The summed E-state index contributed by atoms with van der Waals surface area (Å²) >= 11 is 6.28. The number of imidazole rings is 1. The number of nitrogen functional groups attached to an aromatic ring is 1. The molecule has 0 atom stereocenters. The topological polar surface area (TPSA) is 53.1 Å². The Morgan fingerprint density at radius 1 is 1.14 bits per heavy atom. The Kier molecular flexibility index (Phi) is 3.47. The molecule has 21 heavy (non-hydrogen) atoms. The van der Waals surface area contributed by atoms with E-state index in [1.54, 1.807) is 0 Å². The molecule has 0 bridgehead atoms. The summed E-state index contributed by atoms with van der Waals surface area (Å²) in [6.45, 7) is 3.96. The van der Waals surface area contributed by atoms with Crippen molar-refractivity contribution < 1.29 is 4.74 Å². The summed E-state index contributed by atoms with van der Waals surface area (Å²) in [5.74, 6) is 1.11. The number of aromatic nitrogens is 2. The summed E-state index contributed by atoms with van der Waals surface area (Å²) in [4.78, 5) is 4.44. The lowest BCUT2D eigenvalue weighted by atomic mass is 10.2. The number of para-hydroxylation sites is 2. The van der Waals surface area contributed by atoms with E-state index in [1.807, 2.05) is 60.9 Å². The number of rotatable bonds is 3. The molecule has 0 radical (unpaired) electrons. The van der Waals surface area contributed by atoms with Crippen molar-refractivity contribution >= 4 is 28.6 Å². The van der Waals surface area contributed by atoms with E-state index in [0.29, 0.717) is 11.0 Å². The second kappa shape index (κ2) is 5.30. The van der Waals surface area contributed by atoms with Gasteiger partial charge < -0.3 is 10.5 Å². The van der Waals surface area contributed by atoms with E-state index >= 15 is 0 Å². The molecule has 0 unspecified atom stereocenters. The molecule has 108 valence electrons. The van der Waals surface area contributed by atoms with Crippen molar-refractivity contribution in [3.05, 3.63) is 47.5 Å². The van der Waals surface area contributed by atoms with Crippen LogP contribution in [0.2, 0.25) is 5.02 Å². The van der Waals surface area contributed by atoms with Crippen molar-refractivity contribution in [3.63, 3.8) is 0 Å². The third-order valence-corrected chi connectivity index (χ3v) is 3.45. The number of anilines is 1. The van der Waals surface area contributed by atoms with Crippen molar-refractivity contribution in [1.29, 1.82) is 0 Å². The zero-order valence-electron chi connectivity index (χ0n) is 11.9. The molecule has 0 fully saturated rings. The summed E-state index contributed by atoms with van der Waals surface area (Å²) in [5, 5.41) is 0.624. The van der Waals surface area contributed by atoms with Crippen LogP contribution in [0.4, 0.5) is 5.95 Å². The van der Waals surface area contributed by atoms with E-state index in [2.05, 4.69) is 4.98 Å². The van der Waals surface area contributed by atoms with Crippen LogP contribution >= 0.6 is 11.6 Å². The Balaban J connectivity index is 2.26. The van der Waals surface area contributed by atoms with Crippen molar-refractivity contribution in [2.45, 2.75) is 20.0 Å². The van der Waals surface area contributed by atoms with Crippen molar-refractivity contribution in [2.75, 3.05) is 5.73 Å². The molecular formula is C16H16ClN3O. The molecule has 3 aromatic rings. The summed E-state index contributed by atoms with van der Waals surface area (Å²) in [5.41, 5.74) is 8.51. The highest BCUT2D eigenvalue weighted by molar-refractivity contribution is 6.32. The van der Waals surface area contributed by atoms with Gasteiger partial charge in [-0.3, -0.25) is 4.57 Å². The Labute approximate surface area is 128 Å². The second-order valence-corrected chi connectivity index (χ2v) is 5.45. The van der Waals surface area contributed by atoms with Gasteiger partial charge in [-0.2, -0.15) is 0 Å². The summed E-state index contributed by atoms with van der Waals surface area (Å²) in [6.07, 6.45) is 0.0716. The monoisotopic (exact) mass is 301 g/mol. The molecule has 0 saturated carbocycles. The minimum Gasteiger partial charge on any atom is -0.489 e. The average Bonchev–Trinajstić information content (AvgIpc) is 2.76. The van der Waals surface area contributed by atoms with E-state index in [4.69, 9.17) is 22.1 Å². The highest BCUT2D eigenvalue weighted by Gasteiger charge is 2.15. The van der Waals surface area contributed by atoms with Crippen LogP contribution in [0.1, 0.15) is 13.8 Å². The minimum atomic E-state index is 0.0716. The maximum atomic E-state index is 6.28.